The molecule has 6 aromatic carbocycles. The van der Waals surface area contributed by atoms with Gasteiger partial charge in [-0.05, 0) is 64.6 Å². The Morgan fingerprint density at radius 2 is 1.45 bits per heavy atom. The molecule has 0 aliphatic heterocycles. The molecule has 0 spiro atoms. The fourth-order valence-corrected chi connectivity index (χ4v) is 7.21. The van der Waals surface area contributed by atoms with Crippen molar-refractivity contribution < 1.29 is 9.52 Å². The number of aromatic hydroxyl groups is 1. The number of phenolic OH excluding ortho intramolecular Hbond substituents is 1. The van der Waals surface area contributed by atoms with Crippen LogP contribution in [0.3, 0.4) is 0 Å². The molecule has 0 saturated heterocycles. The van der Waals surface area contributed by atoms with Gasteiger partial charge in [0.25, 0.3) is 0 Å². The molecule has 228 valence electrons. The van der Waals surface area contributed by atoms with Gasteiger partial charge in [-0.1, -0.05) is 106 Å². The van der Waals surface area contributed by atoms with Crippen molar-refractivity contribution in [1.29, 1.82) is 0 Å². The molecular formula is C42H32N2O2S. The lowest BCUT2D eigenvalue weighted by Gasteiger charge is -2.19. The number of thiazole rings is 1. The molecule has 0 amide bonds. The van der Waals surface area contributed by atoms with Gasteiger partial charge in [0, 0.05) is 39.2 Å². The maximum atomic E-state index is 10.6. The number of fused-ring (bicyclic) bond motifs is 4. The third-order valence-electron chi connectivity index (χ3n) is 8.67. The van der Waals surface area contributed by atoms with Crippen molar-refractivity contribution in [2.24, 2.45) is 4.99 Å². The fourth-order valence-electron chi connectivity index (χ4n) is 6.14. The largest absolute Gasteiger partial charge is 0.507 e. The highest BCUT2D eigenvalue weighted by molar-refractivity contribution is 7.21. The van der Waals surface area contributed by atoms with E-state index in [0.717, 1.165) is 76.2 Å². The van der Waals surface area contributed by atoms with Crippen LogP contribution in [0.25, 0.3) is 65.0 Å². The lowest BCUT2D eigenvalue weighted by Crippen LogP contribution is -2.11. The molecule has 0 atom stereocenters. The van der Waals surface area contributed by atoms with Crippen LogP contribution in [0.4, 0.5) is 5.69 Å². The number of para-hydroxylation sites is 3. The number of phenols is 1. The van der Waals surface area contributed by atoms with E-state index in [2.05, 4.69) is 93.6 Å². The summed E-state index contributed by atoms with van der Waals surface area (Å²) in [6.45, 7) is 6.48. The quantitative estimate of drug-likeness (QED) is 0.193. The maximum Gasteiger partial charge on any atom is 0.143 e. The minimum Gasteiger partial charge on any atom is -0.507 e. The number of benzene rings is 6. The maximum absolute atomic E-state index is 10.6. The van der Waals surface area contributed by atoms with Gasteiger partial charge >= 0.3 is 0 Å². The van der Waals surface area contributed by atoms with Crippen LogP contribution >= 0.6 is 11.3 Å². The Hall–Kier alpha value is -5.52. The van der Waals surface area contributed by atoms with E-state index < -0.39 is 0 Å². The molecule has 0 aliphatic rings. The number of aliphatic imine (C=N–C) groups is 1. The van der Waals surface area contributed by atoms with Crippen LogP contribution in [-0.2, 0) is 5.41 Å². The second kappa shape index (κ2) is 11.4. The van der Waals surface area contributed by atoms with E-state index >= 15 is 0 Å². The van der Waals surface area contributed by atoms with Gasteiger partial charge in [-0.25, -0.2) is 4.98 Å². The van der Waals surface area contributed by atoms with Crippen LogP contribution in [0.15, 0.2) is 137 Å². The number of hydrogen-bond acceptors (Lipinski definition) is 5. The molecule has 4 nitrogen and oxygen atoms in total. The molecule has 2 aromatic heterocycles. The van der Waals surface area contributed by atoms with Crippen LogP contribution < -0.4 is 0 Å². The summed E-state index contributed by atoms with van der Waals surface area (Å²) >= 11 is 1.66. The van der Waals surface area contributed by atoms with Crippen LogP contribution in [-0.4, -0.2) is 16.3 Å². The normalized spacial score (nSPS) is 12.1. The summed E-state index contributed by atoms with van der Waals surface area (Å²) in [5, 5.41) is 13.7. The molecule has 8 rings (SSSR count). The third kappa shape index (κ3) is 5.29. The van der Waals surface area contributed by atoms with Gasteiger partial charge in [0.05, 0.1) is 15.9 Å². The van der Waals surface area contributed by atoms with Gasteiger partial charge in [0.1, 0.15) is 21.9 Å². The van der Waals surface area contributed by atoms with Crippen LogP contribution in [0.5, 0.6) is 5.75 Å². The topological polar surface area (TPSA) is 58.6 Å². The van der Waals surface area contributed by atoms with Crippen molar-refractivity contribution in [2.45, 2.75) is 26.2 Å². The summed E-state index contributed by atoms with van der Waals surface area (Å²) in [6, 6.07) is 43.2. The predicted octanol–water partition coefficient (Wildman–Crippen LogP) is 12.0. The highest BCUT2D eigenvalue weighted by atomic mass is 32.1. The Balaban J connectivity index is 1.28. The number of nitrogens with zero attached hydrogens (tertiary/aromatic N) is 2. The van der Waals surface area contributed by atoms with Crippen molar-refractivity contribution in [2.75, 3.05) is 0 Å². The zero-order valence-electron chi connectivity index (χ0n) is 26.4. The zero-order chi connectivity index (χ0) is 32.1. The molecule has 0 radical (unpaired) electrons. The SMILES string of the molecule is CC(C)(C)c1ccc(O)c(C=Nc2ccccc2-c2nc3c(-c4ccccc4)cc(-c4cccc5c4oc4ccccc45)cc3s2)c1. The third-order valence-corrected chi connectivity index (χ3v) is 9.70. The van der Waals surface area contributed by atoms with E-state index in [1.54, 1.807) is 23.6 Å². The number of rotatable bonds is 5. The number of aromatic nitrogens is 1. The fraction of sp³-hybridized carbons (Fsp3) is 0.0952. The highest BCUT2D eigenvalue weighted by Crippen LogP contribution is 2.43. The van der Waals surface area contributed by atoms with Crippen molar-refractivity contribution in [1.82, 2.24) is 4.98 Å². The van der Waals surface area contributed by atoms with Gasteiger partial charge < -0.3 is 9.52 Å². The van der Waals surface area contributed by atoms with Gasteiger partial charge in [-0.2, -0.15) is 0 Å². The minimum absolute atomic E-state index is 0.0412. The van der Waals surface area contributed by atoms with Crippen molar-refractivity contribution in [3.8, 4) is 38.6 Å². The van der Waals surface area contributed by atoms with Crippen molar-refractivity contribution in [3.63, 3.8) is 0 Å². The van der Waals surface area contributed by atoms with Crippen molar-refractivity contribution >= 4 is 55.4 Å². The molecule has 8 aromatic rings. The number of hydrogen-bond donors (Lipinski definition) is 1. The summed E-state index contributed by atoms with van der Waals surface area (Å²) in [5.41, 5.74) is 10.5. The standard InChI is InChI=1S/C42H32N2O2S/c1-42(2,3)29-20-21-36(45)28(22-29)25-43-35-18-9-7-15-33(35)41-44-39-34(26-12-5-4-6-13-26)23-27(24-38(39)47-41)30-16-11-17-32-31-14-8-10-19-37(31)46-40(30)32/h4-25,45H,1-3H3. The molecule has 0 unspecified atom stereocenters. The van der Waals surface area contributed by atoms with Crippen LogP contribution in [0.2, 0.25) is 0 Å². The average Bonchev–Trinajstić information content (AvgIpc) is 3.69. The molecule has 0 bridgehead atoms. The molecule has 0 fully saturated rings. The monoisotopic (exact) mass is 628 g/mol. The molecule has 0 saturated carbocycles. The zero-order valence-corrected chi connectivity index (χ0v) is 27.2. The molecule has 2 heterocycles. The van der Waals surface area contributed by atoms with Gasteiger partial charge in [-0.15, -0.1) is 11.3 Å². The summed E-state index contributed by atoms with van der Waals surface area (Å²) in [6.07, 6.45) is 1.75. The molecule has 5 heteroatoms. The smallest absolute Gasteiger partial charge is 0.143 e. The first-order valence-electron chi connectivity index (χ1n) is 15.7. The highest BCUT2D eigenvalue weighted by Gasteiger charge is 2.19. The van der Waals surface area contributed by atoms with Gasteiger partial charge in [0.15, 0.2) is 0 Å². The lowest BCUT2D eigenvalue weighted by atomic mass is 9.86. The Bertz CT molecular complexity index is 2460. The van der Waals surface area contributed by atoms with Gasteiger partial charge in [0.2, 0.25) is 0 Å². The van der Waals surface area contributed by atoms with E-state index in [0.29, 0.717) is 5.56 Å². The molecule has 0 aliphatic carbocycles. The van der Waals surface area contributed by atoms with E-state index in [1.165, 1.54) is 0 Å². The van der Waals surface area contributed by atoms with E-state index in [1.807, 2.05) is 48.5 Å². The summed E-state index contributed by atoms with van der Waals surface area (Å²) in [5.74, 6) is 0.207. The average molecular weight is 629 g/mol. The Morgan fingerprint density at radius 1 is 0.702 bits per heavy atom. The van der Waals surface area contributed by atoms with E-state index in [9.17, 15) is 5.11 Å². The summed E-state index contributed by atoms with van der Waals surface area (Å²) in [4.78, 5) is 10.1. The second-order valence-corrected chi connectivity index (χ2v) is 13.9. The first-order chi connectivity index (χ1) is 22.8. The Labute approximate surface area is 277 Å². The molecule has 1 N–H and O–H groups in total. The second-order valence-electron chi connectivity index (χ2n) is 12.8. The Kier molecular flexibility index (Phi) is 7.00. The molecular weight excluding hydrogens is 597 g/mol. The van der Waals surface area contributed by atoms with E-state index in [4.69, 9.17) is 14.4 Å². The van der Waals surface area contributed by atoms with Crippen LogP contribution in [0, 0.1) is 0 Å². The van der Waals surface area contributed by atoms with Crippen LogP contribution in [0.1, 0.15) is 31.9 Å². The minimum atomic E-state index is -0.0412. The summed E-state index contributed by atoms with van der Waals surface area (Å²) < 4.78 is 7.52. The summed E-state index contributed by atoms with van der Waals surface area (Å²) in [7, 11) is 0. The lowest BCUT2D eigenvalue weighted by molar-refractivity contribution is 0.473. The van der Waals surface area contributed by atoms with E-state index in [-0.39, 0.29) is 11.2 Å². The van der Waals surface area contributed by atoms with Crippen molar-refractivity contribution in [3.05, 3.63) is 139 Å². The predicted molar refractivity (Wildman–Crippen MR) is 197 cm³/mol. The number of furan rings is 1. The first-order valence-corrected chi connectivity index (χ1v) is 16.5. The first kappa shape index (κ1) is 28.9. The van der Waals surface area contributed by atoms with Gasteiger partial charge in [-0.3, -0.25) is 4.99 Å². The Morgan fingerprint density at radius 3 is 2.30 bits per heavy atom. The molecule has 47 heavy (non-hydrogen) atoms.